The third-order valence-electron chi connectivity index (χ3n) is 3.34. The molecule has 1 atom stereocenters. The highest BCUT2D eigenvalue weighted by molar-refractivity contribution is 7.80. The van der Waals surface area contributed by atoms with Gasteiger partial charge in [0.15, 0.2) is 5.11 Å². The summed E-state index contributed by atoms with van der Waals surface area (Å²) in [7, 11) is 0. The zero-order valence-electron chi connectivity index (χ0n) is 12.1. The van der Waals surface area contributed by atoms with Crippen LogP contribution in [0.4, 0.5) is 0 Å². The Labute approximate surface area is 130 Å². The molecule has 1 aromatic carbocycles. The lowest BCUT2D eigenvalue weighted by Gasteiger charge is -2.12. The standard InChI is InChI=1S/C15H21N3O2S/c1-2-14(11-5-7-12(19)8-6-11)17-18-15(21)16-10-13-4-3-9-20-13/h5-8,13,19H,2-4,9-10H2,1H3,(H2,16,18,21)/b17-14+. The van der Waals surface area contributed by atoms with Crippen LogP contribution in [0.2, 0.25) is 0 Å². The zero-order chi connectivity index (χ0) is 15.1. The van der Waals surface area contributed by atoms with Crippen molar-refractivity contribution in [3.63, 3.8) is 0 Å². The fourth-order valence-corrected chi connectivity index (χ4v) is 2.30. The molecule has 0 bridgehead atoms. The van der Waals surface area contributed by atoms with Gasteiger partial charge in [0.25, 0.3) is 0 Å². The first-order valence-corrected chi connectivity index (χ1v) is 7.61. The maximum atomic E-state index is 9.30. The second kappa shape index (κ2) is 7.95. The van der Waals surface area contributed by atoms with Crippen LogP contribution in [0, 0.1) is 0 Å². The Kier molecular flexibility index (Phi) is 5.95. The van der Waals surface area contributed by atoms with Gasteiger partial charge in [-0.1, -0.05) is 6.92 Å². The third kappa shape index (κ3) is 4.99. The summed E-state index contributed by atoms with van der Waals surface area (Å²) in [5.41, 5.74) is 4.71. The monoisotopic (exact) mass is 307 g/mol. The Morgan fingerprint density at radius 2 is 2.19 bits per heavy atom. The molecule has 1 aliphatic rings. The number of thiocarbonyl (C=S) groups is 1. The van der Waals surface area contributed by atoms with Crippen molar-refractivity contribution < 1.29 is 9.84 Å². The van der Waals surface area contributed by atoms with Crippen LogP contribution in [0.15, 0.2) is 29.4 Å². The molecule has 1 aromatic rings. The molecule has 21 heavy (non-hydrogen) atoms. The summed E-state index contributed by atoms with van der Waals surface area (Å²) in [4.78, 5) is 0. The molecule has 5 nitrogen and oxygen atoms in total. The van der Waals surface area contributed by atoms with Crippen molar-refractivity contribution in [2.75, 3.05) is 13.2 Å². The summed E-state index contributed by atoms with van der Waals surface area (Å²) < 4.78 is 5.52. The summed E-state index contributed by atoms with van der Waals surface area (Å²) in [5, 5.41) is 17.2. The van der Waals surface area contributed by atoms with E-state index in [9.17, 15) is 5.11 Å². The number of benzene rings is 1. The lowest BCUT2D eigenvalue weighted by atomic mass is 10.1. The quantitative estimate of drug-likeness (QED) is 0.442. The van der Waals surface area contributed by atoms with Crippen LogP contribution in [-0.2, 0) is 4.74 Å². The average Bonchev–Trinajstić information content (AvgIpc) is 3.01. The number of nitrogens with zero attached hydrogens (tertiary/aromatic N) is 1. The molecule has 0 saturated carbocycles. The van der Waals surface area contributed by atoms with Gasteiger partial charge >= 0.3 is 0 Å². The molecule has 2 rings (SSSR count). The molecule has 0 spiro atoms. The highest BCUT2D eigenvalue weighted by Gasteiger charge is 2.15. The number of phenolic OH excluding ortho intramolecular Hbond substituents is 1. The van der Waals surface area contributed by atoms with Crippen LogP contribution in [0.3, 0.4) is 0 Å². The van der Waals surface area contributed by atoms with Gasteiger partial charge in [0, 0.05) is 13.2 Å². The molecule has 0 radical (unpaired) electrons. The molecule has 114 valence electrons. The topological polar surface area (TPSA) is 65.9 Å². The number of hydrazone groups is 1. The van der Waals surface area contributed by atoms with Gasteiger partial charge in [-0.25, -0.2) is 0 Å². The second-order valence-corrected chi connectivity index (χ2v) is 5.32. The number of rotatable bonds is 5. The van der Waals surface area contributed by atoms with Crippen molar-refractivity contribution in [3.05, 3.63) is 29.8 Å². The van der Waals surface area contributed by atoms with Crippen molar-refractivity contribution >= 4 is 23.0 Å². The first-order valence-electron chi connectivity index (χ1n) is 7.20. The maximum absolute atomic E-state index is 9.30. The first kappa shape index (κ1) is 15.7. The molecule has 0 aromatic heterocycles. The van der Waals surface area contributed by atoms with E-state index < -0.39 is 0 Å². The van der Waals surface area contributed by atoms with Gasteiger partial charge in [0.05, 0.1) is 11.8 Å². The predicted molar refractivity (Wildman–Crippen MR) is 87.6 cm³/mol. The first-order chi connectivity index (χ1) is 10.2. The van der Waals surface area contributed by atoms with E-state index in [1.165, 1.54) is 0 Å². The molecule has 1 heterocycles. The number of hydrogen-bond acceptors (Lipinski definition) is 4. The number of aromatic hydroxyl groups is 1. The molecule has 1 unspecified atom stereocenters. The lowest BCUT2D eigenvalue weighted by molar-refractivity contribution is 0.114. The third-order valence-corrected chi connectivity index (χ3v) is 3.58. The van der Waals surface area contributed by atoms with E-state index in [-0.39, 0.29) is 11.9 Å². The number of phenols is 1. The van der Waals surface area contributed by atoms with Crippen LogP contribution in [0.5, 0.6) is 5.75 Å². The predicted octanol–water partition coefficient (Wildman–Crippen LogP) is 2.15. The normalized spacial score (nSPS) is 18.5. The highest BCUT2D eigenvalue weighted by atomic mass is 32.1. The van der Waals surface area contributed by atoms with Crippen molar-refractivity contribution in [2.45, 2.75) is 32.3 Å². The van der Waals surface area contributed by atoms with E-state index in [1.54, 1.807) is 12.1 Å². The Morgan fingerprint density at radius 3 is 2.81 bits per heavy atom. The molecular weight excluding hydrogens is 286 g/mol. The number of nitrogens with one attached hydrogen (secondary N) is 2. The van der Waals surface area contributed by atoms with Gasteiger partial charge in [-0.15, -0.1) is 0 Å². The summed E-state index contributed by atoms with van der Waals surface area (Å²) in [6.45, 7) is 3.57. The van der Waals surface area contributed by atoms with Gasteiger partial charge in [0.1, 0.15) is 5.75 Å². The number of ether oxygens (including phenoxy) is 1. The van der Waals surface area contributed by atoms with Gasteiger partial charge in [-0.3, -0.25) is 5.43 Å². The van der Waals surface area contributed by atoms with Gasteiger partial charge in [0.2, 0.25) is 0 Å². The van der Waals surface area contributed by atoms with E-state index >= 15 is 0 Å². The van der Waals surface area contributed by atoms with E-state index in [2.05, 4.69) is 15.8 Å². The minimum Gasteiger partial charge on any atom is -0.508 e. The van der Waals surface area contributed by atoms with Crippen LogP contribution in [-0.4, -0.2) is 35.2 Å². The zero-order valence-corrected chi connectivity index (χ0v) is 12.9. The average molecular weight is 307 g/mol. The van der Waals surface area contributed by atoms with Crippen molar-refractivity contribution in [2.24, 2.45) is 5.10 Å². The van der Waals surface area contributed by atoms with Crippen molar-refractivity contribution in [3.8, 4) is 5.75 Å². The molecule has 0 amide bonds. The Hall–Kier alpha value is -1.66. The van der Waals surface area contributed by atoms with E-state index in [1.807, 2.05) is 19.1 Å². The molecule has 3 N–H and O–H groups in total. The second-order valence-electron chi connectivity index (χ2n) is 4.92. The minimum atomic E-state index is 0.246. The SMILES string of the molecule is CC/C(=N\NC(=S)NCC1CCCO1)c1ccc(O)cc1. The minimum absolute atomic E-state index is 0.246. The summed E-state index contributed by atoms with van der Waals surface area (Å²) in [6.07, 6.45) is 3.21. The Bertz CT molecular complexity index is 496. The molecule has 1 aliphatic heterocycles. The van der Waals surface area contributed by atoms with E-state index in [0.29, 0.717) is 11.7 Å². The fraction of sp³-hybridized carbons (Fsp3) is 0.467. The number of hydrogen-bond donors (Lipinski definition) is 3. The van der Waals surface area contributed by atoms with E-state index in [0.717, 1.165) is 37.1 Å². The smallest absolute Gasteiger partial charge is 0.187 e. The van der Waals surface area contributed by atoms with Gasteiger partial charge < -0.3 is 15.2 Å². The van der Waals surface area contributed by atoms with Crippen LogP contribution in [0.1, 0.15) is 31.7 Å². The molecule has 1 fully saturated rings. The van der Waals surface area contributed by atoms with Crippen LogP contribution < -0.4 is 10.7 Å². The maximum Gasteiger partial charge on any atom is 0.187 e. The largest absolute Gasteiger partial charge is 0.508 e. The van der Waals surface area contributed by atoms with Crippen molar-refractivity contribution in [1.29, 1.82) is 0 Å². The highest BCUT2D eigenvalue weighted by Crippen LogP contribution is 2.12. The Morgan fingerprint density at radius 1 is 1.43 bits per heavy atom. The molecule has 1 saturated heterocycles. The lowest BCUT2D eigenvalue weighted by Crippen LogP contribution is -2.37. The fourth-order valence-electron chi connectivity index (χ4n) is 2.17. The summed E-state index contributed by atoms with van der Waals surface area (Å²) in [6, 6.07) is 6.97. The van der Waals surface area contributed by atoms with Crippen molar-refractivity contribution in [1.82, 2.24) is 10.7 Å². The summed E-state index contributed by atoms with van der Waals surface area (Å²) in [5.74, 6) is 0.246. The van der Waals surface area contributed by atoms with Crippen LogP contribution in [0.25, 0.3) is 0 Å². The van der Waals surface area contributed by atoms with Gasteiger partial charge in [-0.05, 0) is 61.3 Å². The molecule has 6 heteroatoms. The molecular formula is C15H21N3O2S. The molecule has 0 aliphatic carbocycles. The van der Waals surface area contributed by atoms with E-state index in [4.69, 9.17) is 17.0 Å². The summed E-state index contributed by atoms with van der Waals surface area (Å²) >= 11 is 5.20. The van der Waals surface area contributed by atoms with Crippen LogP contribution >= 0.6 is 12.2 Å². The van der Waals surface area contributed by atoms with Gasteiger partial charge in [-0.2, -0.15) is 5.10 Å². The Balaban J connectivity index is 1.84.